The molecule has 1 aromatic heterocycles. The van der Waals surface area contributed by atoms with Crippen molar-refractivity contribution in [2.24, 2.45) is 0 Å². The van der Waals surface area contributed by atoms with Gasteiger partial charge in [-0.1, -0.05) is 30.3 Å². The van der Waals surface area contributed by atoms with E-state index < -0.39 is 12.0 Å². The molecule has 1 heterocycles. The molecule has 0 fully saturated rings. The number of carbonyl (C=O) groups is 2. The van der Waals surface area contributed by atoms with Crippen LogP contribution < -0.4 is 15.6 Å². The molecule has 0 atom stereocenters. The van der Waals surface area contributed by atoms with Gasteiger partial charge >= 0.3 is 6.09 Å². The highest BCUT2D eigenvalue weighted by atomic mass is 16.6. The van der Waals surface area contributed by atoms with Gasteiger partial charge in [-0.3, -0.25) is 10.2 Å². The predicted molar refractivity (Wildman–Crippen MR) is 99.8 cm³/mol. The van der Waals surface area contributed by atoms with Crippen LogP contribution >= 0.6 is 0 Å². The highest BCUT2D eigenvalue weighted by Crippen LogP contribution is 2.20. The minimum absolute atomic E-state index is 0.0385. The van der Waals surface area contributed by atoms with Crippen molar-refractivity contribution >= 4 is 28.8 Å². The standard InChI is InChI=1S/C20H18N2O5/c23-19(10-9-17-6-3-11-25-17)21-22-20(24)27-13-12-26-18-8-7-15-4-1-2-5-16(15)14-18/h1-11,14H,12-13H2,(H,21,23)(H,22,24). The van der Waals surface area contributed by atoms with Gasteiger partial charge in [-0.15, -0.1) is 0 Å². The highest BCUT2D eigenvalue weighted by Gasteiger charge is 2.04. The van der Waals surface area contributed by atoms with E-state index in [9.17, 15) is 9.59 Å². The van der Waals surface area contributed by atoms with E-state index in [0.29, 0.717) is 11.5 Å². The van der Waals surface area contributed by atoms with Gasteiger partial charge in [-0.05, 0) is 41.1 Å². The Bertz CT molecular complexity index is 934. The summed E-state index contributed by atoms with van der Waals surface area (Å²) in [4.78, 5) is 23.1. The van der Waals surface area contributed by atoms with E-state index in [1.54, 1.807) is 12.1 Å². The van der Waals surface area contributed by atoms with E-state index in [2.05, 4.69) is 10.9 Å². The summed E-state index contributed by atoms with van der Waals surface area (Å²) in [7, 11) is 0. The lowest BCUT2D eigenvalue weighted by Crippen LogP contribution is -2.41. The zero-order chi connectivity index (χ0) is 18.9. The van der Waals surface area contributed by atoms with Crippen LogP contribution in [0.3, 0.4) is 0 Å². The zero-order valence-corrected chi connectivity index (χ0v) is 14.4. The number of amides is 2. The van der Waals surface area contributed by atoms with Gasteiger partial charge in [0.25, 0.3) is 5.91 Å². The fourth-order valence-electron chi connectivity index (χ4n) is 2.29. The van der Waals surface area contributed by atoms with Gasteiger partial charge in [-0.2, -0.15) is 0 Å². The minimum Gasteiger partial charge on any atom is -0.490 e. The van der Waals surface area contributed by atoms with E-state index in [1.165, 1.54) is 18.4 Å². The molecule has 3 aromatic rings. The van der Waals surface area contributed by atoms with Crippen molar-refractivity contribution in [1.29, 1.82) is 0 Å². The van der Waals surface area contributed by atoms with Gasteiger partial charge in [-0.25, -0.2) is 10.2 Å². The molecule has 0 aliphatic carbocycles. The number of carbonyl (C=O) groups excluding carboxylic acids is 2. The summed E-state index contributed by atoms with van der Waals surface area (Å²) in [5, 5.41) is 2.19. The molecule has 0 aliphatic heterocycles. The van der Waals surface area contributed by atoms with E-state index in [-0.39, 0.29) is 13.2 Å². The Balaban J connectivity index is 1.33. The third-order valence-electron chi connectivity index (χ3n) is 3.54. The molecular weight excluding hydrogens is 348 g/mol. The Morgan fingerprint density at radius 2 is 1.81 bits per heavy atom. The molecule has 0 spiro atoms. The lowest BCUT2D eigenvalue weighted by atomic mass is 10.1. The van der Waals surface area contributed by atoms with Crippen LogP contribution in [-0.2, 0) is 9.53 Å². The molecule has 0 bridgehead atoms. The number of hydrogen-bond acceptors (Lipinski definition) is 5. The summed E-state index contributed by atoms with van der Waals surface area (Å²) in [5.74, 6) is 0.698. The fourth-order valence-corrected chi connectivity index (χ4v) is 2.29. The van der Waals surface area contributed by atoms with Crippen LogP contribution in [0.5, 0.6) is 5.75 Å². The SMILES string of the molecule is O=C(C=Cc1ccco1)NNC(=O)OCCOc1ccc2ccccc2c1. The topological polar surface area (TPSA) is 89.8 Å². The lowest BCUT2D eigenvalue weighted by Gasteiger charge is -2.09. The van der Waals surface area contributed by atoms with E-state index in [1.807, 2.05) is 42.5 Å². The van der Waals surface area contributed by atoms with Gasteiger partial charge in [0.2, 0.25) is 0 Å². The Labute approximate surface area is 155 Å². The third kappa shape index (κ3) is 5.64. The largest absolute Gasteiger partial charge is 0.490 e. The van der Waals surface area contributed by atoms with E-state index in [0.717, 1.165) is 10.8 Å². The summed E-state index contributed by atoms with van der Waals surface area (Å²) < 4.78 is 15.5. The molecule has 0 unspecified atom stereocenters. The van der Waals surface area contributed by atoms with Crippen LogP contribution in [0.25, 0.3) is 16.8 Å². The summed E-state index contributed by atoms with van der Waals surface area (Å²) in [6.07, 6.45) is 3.41. The molecule has 7 nitrogen and oxygen atoms in total. The molecule has 0 aliphatic rings. The number of fused-ring (bicyclic) bond motifs is 1. The van der Waals surface area contributed by atoms with Crippen LogP contribution in [0.2, 0.25) is 0 Å². The average molecular weight is 366 g/mol. The maximum absolute atomic E-state index is 11.5. The van der Waals surface area contributed by atoms with Crippen LogP contribution in [0.4, 0.5) is 4.79 Å². The smallest absolute Gasteiger partial charge is 0.426 e. The highest BCUT2D eigenvalue weighted by molar-refractivity contribution is 5.92. The van der Waals surface area contributed by atoms with Crippen molar-refractivity contribution in [3.63, 3.8) is 0 Å². The maximum atomic E-state index is 11.5. The van der Waals surface area contributed by atoms with Crippen molar-refractivity contribution < 1.29 is 23.5 Å². The zero-order valence-electron chi connectivity index (χ0n) is 14.4. The summed E-state index contributed by atoms with van der Waals surface area (Å²) in [5.41, 5.74) is 4.33. The van der Waals surface area contributed by atoms with E-state index in [4.69, 9.17) is 13.9 Å². The first-order valence-corrected chi connectivity index (χ1v) is 8.27. The summed E-state index contributed by atoms with van der Waals surface area (Å²) >= 11 is 0. The molecule has 2 N–H and O–H groups in total. The molecule has 7 heteroatoms. The Morgan fingerprint density at radius 1 is 0.963 bits per heavy atom. The second-order valence-electron chi connectivity index (χ2n) is 5.46. The van der Waals surface area contributed by atoms with Gasteiger partial charge in [0, 0.05) is 6.08 Å². The summed E-state index contributed by atoms with van der Waals surface area (Å²) in [6.45, 7) is 0.231. The first-order valence-electron chi connectivity index (χ1n) is 8.27. The van der Waals surface area contributed by atoms with Gasteiger partial charge in [0.1, 0.15) is 24.7 Å². The normalized spacial score (nSPS) is 10.7. The monoisotopic (exact) mass is 366 g/mol. The second kappa shape index (κ2) is 9.10. The van der Waals surface area contributed by atoms with Crippen LogP contribution in [0.1, 0.15) is 5.76 Å². The number of benzene rings is 2. The lowest BCUT2D eigenvalue weighted by molar-refractivity contribution is -0.117. The van der Waals surface area contributed by atoms with Crippen molar-refractivity contribution in [3.05, 3.63) is 72.7 Å². The van der Waals surface area contributed by atoms with Gasteiger partial charge in [0.05, 0.1) is 6.26 Å². The molecule has 0 saturated heterocycles. The maximum Gasteiger partial charge on any atom is 0.426 e. The predicted octanol–water partition coefficient (Wildman–Crippen LogP) is 3.28. The van der Waals surface area contributed by atoms with Crippen molar-refractivity contribution in [2.75, 3.05) is 13.2 Å². The number of nitrogens with one attached hydrogen (secondary N) is 2. The Kier molecular flexibility index (Phi) is 6.08. The summed E-state index contributed by atoms with van der Waals surface area (Å²) in [6, 6.07) is 17.1. The molecule has 2 aromatic carbocycles. The van der Waals surface area contributed by atoms with Crippen molar-refractivity contribution in [1.82, 2.24) is 10.9 Å². The van der Waals surface area contributed by atoms with Crippen LogP contribution in [0.15, 0.2) is 71.4 Å². The Hall–Kier alpha value is -3.74. The molecular formula is C20H18N2O5. The van der Waals surface area contributed by atoms with Gasteiger partial charge < -0.3 is 13.9 Å². The van der Waals surface area contributed by atoms with Gasteiger partial charge in [0.15, 0.2) is 0 Å². The number of hydrogen-bond donors (Lipinski definition) is 2. The van der Waals surface area contributed by atoms with Crippen molar-refractivity contribution in [2.45, 2.75) is 0 Å². The Morgan fingerprint density at radius 3 is 2.63 bits per heavy atom. The third-order valence-corrected chi connectivity index (χ3v) is 3.54. The van der Waals surface area contributed by atoms with Crippen LogP contribution in [-0.4, -0.2) is 25.2 Å². The molecule has 27 heavy (non-hydrogen) atoms. The number of rotatable bonds is 6. The minimum atomic E-state index is -0.781. The average Bonchev–Trinajstić information content (AvgIpc) is 3.21. The second-order valence-corrected chi connectivity index (χ2v) is 5.46. The fraction of sp³-hybridized carbons (Fsp3) is 0.100. The number of hydrazine groups is 1. The van der Waals surface area contributed by atoms with E-state index >= 15 is 0 Å². The quantitative estimate of drug-likeness (QED) is 0.397. The molecule has 0 saturated carbocycles. The van der Waals surface area contributed by atoms with Crippen LogP contribution in [0, 0.1) is 0 Å². The molecule has 3 rings (SSSR count). The first-order chi connectivity index (χ1) is 13.2. The number of ether oxygens (including phenoxy) is 2. The van der Waals surface area contributed by atoms with Crippen molar-refractivity contribution in [3.8, 4) is 5.75 Å². The first kappa shape index (κ1) is 18.1. The molecule has 2 amide bonds. The number of furan rings is 1. The molecule has 0 radical (unpaired) electrons. The molecule has 138 valence electrons.